The van der Waals surface area contributed by atoms with Crippen LogP contribution in [0.5, 0.6) is 0 Å². The van der Waals surface area contributed by atoms with Gasteiger partial charge in [-0.3, -0.25) is 4.98 Å². The molecule has 33 heavy (non-hydrogen) atoms. The number of nitrogens with one attached hydrogen (secondary N) is 1. The van der Waals surface area contributed by atoms with E-state index in [-0.39, 0.29) is 29.9 Å². The Morgan fingerprint density at radius 2 is 1.73 bits per heavy atom. The quantitative estimate of drug-likeness (QED) is 0.461. The van der Waals surface area contributed by atoms with Crippen molar-refractivity contribution >= 4 is 26.5 Å². The molecule has 0 spiro atoms. The first-order valence-electron chi connectivity index (χ1n) is 10.5. The maximum absolute atomic E-state index is 13.8. The van der Waals surface area contributed by atoms with Crippen LogP contribution in [0.15, 0.2) is 90.1 Å². The summed E-state index contributed by atoms with van der Waals surface area (Å²) in [4.78, 5) is 4.31. The first-order chi connectivity index (χ1) is 15.9. The summed E-state index contributed by atoms with van der Waals surface area (Å²) in [5.41, 5.74) is 1.37. The van der Waals surface area contributed by atoms with E-state index in [1.54, 1.807) is 30.6 Å². The number of aromatic nitrogens is 1. The molecular formula is C25H21F2N3O2S. The van der Waals surface area contributed by atoms with Crippen LogP contribution in [0.25, 0.3) is 10.8 Å². The van der Waals surface area contributed by atoms with Gasteiger partial charge in [-0.25, -0.2) is 17.2 Å². The summed E-state index contributed by atoms with van der Waals surface area (Å²) in [6.45, 7) is 0.442. The summed E-state index contributed by atoms with van der Waals surface area (Å²) >= 11 is 0. The fraction of sp³-hybridized carbons (Fsp3) is 0.160. The van der Waals surface area contributed by atoms with Gasteiger partial charge in [-0.15, -0.1) is 0 Å². The van der Waals surface area contributed by atoms with Gasteiger partial charge in [0.15, 0.2) is 11.6 Å². The molecule has 1 aromatic heterocycles. The summed E-state index contributed by atoms with van der Waals surface area (Å²) in [6, 6.07) is 19.7. The fourth-order valence-corrected chi connectivity index (χ4v) is 6.11. The third-order valence-corrected chi connectivity index (χ3v) is 7.93. The SMILES string of the molecule is O=S(=O)(c1cccc2cnccc12)N1C[C@H](c2ccccc2)[C@H](Nc2ccc(F)c(F)c2)C1. The Bertz CT molecular complexity index is 1410. The van der Waals surface area contributed by atoms with Gasteiger partial charge in [0.1, 0.15) is 0 Å². The number of pyridine rings is 1. The Morgan fingerprint density at radius 3 is 2.52 bits per heavy atom. The minimum absolute atomic E-state index is 0.175. The molecule has 1 aliphatic rings. The van der Waals surface area contributed by atoms with Crippen LogP contribution in [0.1, 0.15) is 11.5 Å². The smallest absolute Gasteiger partial charge is 0.243 e. The lowest BCUT2D eigenvalue weighted by Gasteiger charge is -2.21. The van der Waals surface area contributed by atoms with Gasteiger partial charge in [-0.05, 0) is 29.8 Å². The van der Waals surface area contributed by atoms with Gasteiger partial charge < -0.3 is 5.32 Å². The summed E-state index contributed by atoms with van der Waals surface area (Å²) in [5, 5.41) is 4.58. The molecule has 2 heterocycles. The van der Waals surface area contributed by atoms with E-state index in [1.807, 2.05) is 36.4 Å². The van der Waals surface area contributed by atoms with E-state index in [1.165, 1.54) is 10.4 Å². The Morgan fingerprint density at radius 1 is 0.909 bits per heavy atom. The lowest BCUT2D eigenvalue weighted by atomic mass is 9.94. The minimum atomic E-state index is -3.81. The average molecular weight is 466 g/mol. The maximum Gasteiger partial charge on any atom is 0.243 e. The second kappa shape index (κ2) is 8.53. The second-order valence-corrected chi connectivity index (χ2v) is 9.98. The molecule has 168 valence electrons. The highest BCUT2D eigenvalue weighted by atomic mass is 32.2. The van der Waals surface area contributed by atoms with Crippen LogP contribution < -0.4 is 5.32 Å². The van der Waals surface area contributed by atoms with E-state index in [9.17, 15) is 17.2 Å². The van der Waals surface area contributed by atoms with E-state index in [0.717, 1.165) is 23.1 Å². The minimum Gasteiger partial charge on any atom is -0.380 e. The van der Waals surface area contributed by atoms with Crippen molar-refractivity contribution in [2.24, 2.45) is 0 Å². The zero-order valence-corrected chi connectivity index (χ0v) is 18.3. The Kier molecular flexibility index (Phi) is 5.55. The number of benzene rings is 3. The molecule has 4 aromatic rings. The molecule has 5 nitrogen and oxygen atoms in total. The molecule has 0 amide bonds. The Labute approximate surface area is 190 Å². The molecule has 0 bridgehead atoms. The first-order valence-corrected chi connectivity index (χ1v) is 12.0. The van der Waals surface area contributed by atoms with Gasteiger partial charge in [0.25, 0.3) is 0 Å². The van der Waals surface area contributed by atoms with E-state index in [4.69, 9.17) is 0 Å². The van der Waals surface area contributed by atoms with E-state index in [2.05, 4.69) is 10.3 Å². The molecule has 1 fully saturated rings. The summed E-state index contributed by atoms with van der Waals surface area (Å²) < 4.78 is 56.0. The highest BCUT2D eigenvalue weighted by Gasteiger charge is 2.40. The molecule has 1 N–H and O–H groups in total. The van der Waals surface area contributed by atoms with Crippen LogP contribution >= 0.6 is 0 Å². The van der Waals surface area contributed by atoms with Crippen molar-refractivity contribution in [1.82, 2.24) is 9.29 Å². The molecule has 0 aliphatic carbocycles. The molecule has 0 saturated carbocycles. The van der Waals surface area contributed by atoms with Gasteiger partial charge >= 0.3 is 0 Å². The molecule has 8 heteroatoms. The summed E-state index contributed by atoms with van der Waals surface area (Å²) in [6.07, 6.45) is 3.21. The average Bonchev–Trinajstić information content (AvgIpc) is 3.26. The Hall–Kier alpha value is -3.36. The number of sulfonamides is 1. The summed E-state index contributed by atoms with van der Waals surface area (Å²) in [5.74, 6) is -2.06. The monoisotopic (exact) mass is 465 g/mol. The number of anilines is 1. The maximum atomic E-state index is 13.8. The number of halogens is 2. The Balaban J connectivity index is 1.51. The lowest BCUT2D eigenvalue weighted by molar-refractivity contribution is 0.472. The number of nitrogens with zero attached hydrogens (tertiary/aromatic N) is 2. The van der Waals surface area contributed by atoms with Crippen LogP contribution in [-0.2, 0) is 10.0 Å². The van der Waals surface area contributed by atoms with Crippen LogP contribution in [0.2, 0.25) is 0 Å². The van der Waals surface area contributed by atoms with Crippen molar-refractivity contribution < 1.29 is 17.2 Å². The number of fused-ring (bicyclic) bond motifs is 1. The topological polar surface area (TPSA) is 62.3 Å². The zero-order chi connectivity index (χ0) is 23.0. The van der Waals surface area contributed by atoms with Crippen LogP contribution in [-0.4, -0.2) is 36.8 Å². The lowest BCUT2D eigenvalue weighted by Crippen LogP contribution is -2.32. The first kappa shape index (κ1) is 21.5. The molecule has 5 rings (SSSR count). The third-order valence-electron chi connectivity index (χ3n) is 6.04. The fourth-order valence-electron chi connectivity index (χ4n) is 4.41. The molecule has 1 saturated heterocycles. The number of hydrogen-bond donors (Lipinski definition) is 1. The van der Waals surface area contributed by atoms with Crippen molar-refractivity contribution in [1.29, 1.82) is 0 Å². The zero-order valence-electron chi connectivity index (χ0n) is 17.5. The van der Waals surface area contributed by atoms with Crippen LogP contribution in [0, 0.1) is 11.6 Å². The van der Waals surface area contributed by atoms with E-state index < -0.39 is 21.7 Å². The molecular weight excluding hydrogens is 444 g/mol. The van der Waals surface area contributed by atoms with Crippen molar-refractivity contribution in [2.75, 3.05) is 18.4 Å². The second-order valence-electron chi connectivity index (χ2n) is 8.07. The predicted octanol–water partition coefficient (Wildman–Crippen LogP) is 4.78. The standard InChI is InChI=1S/C25H21F2N3O2S/c26-22-10-9-19(13-23(22)27)29-24-16-30(15-21(24)17-5-2-1-3-6-17)33(31,32)25-8-4-7-18-14-28-12-11-20(18)25/h1-14,21,24,29H,15-16H2/t21-,24-/m1/s1. The van der Waals surface area contributed by atoms with Crippen molar-refractivity contribution in [2.45, 2.75) is 16.9 Å². The van der Waals surface area contributed by atoms with Crippen LogP contribution in [0.4, 0.5) is 14.5 Å². The van der Waals surface area contributed by atoms with Gasteiger partial charge in [0.05, 0.1) is 4.90 Å². The normalized spacial score (nSPS) is 19.1. The van der Waals surface area contributed by atoms with Crippen LogP contribution in [0.3, 0.4) is 0 Å². The van der Waals surface area contributed by atoms with Crippen molar-refractivity contribution in [3.8, 4) is 0 Å². The van der Waals surface area contributed by atoms with Gasteiger partial charge in [-0.2, -0.15) is 4.31 Å². The number of hydrogen-bond acceptors (Lipinski definition) is 4. The highest BCUT2D eigenvalue weighted by molar-refractivity contribution is 7.89. The largest absolute Gasteiger partial charge is 0.380 e. The van der Waals surface area contributed by atoms with E-state index in [0.29, 0.717) is 11.1 Å². The van der Waals surface area contributed by atoms with Gasteiger partial charge in [0.2, 0.25) is 10.0 Å². The van der Waals surface area contributed by atoms with E-state index >= 15 is 0 Å². The highest BCUT2D eigenvalue weighted by Crippen LogP contribution is 2.35. The predicted molar refractivity (Wildman–Crippen MR) is 123 cm³/mol. The van der Waals surface area contributed by atoms with Crippen molar-refractivity contribution in [3.05, 3.63) is 102 Å². The van der Waals surface area contributed by atoms with Crippen molar-refractivity contribution in [3.63, 3.8) is 0 Å². The molecule has 1 aliphatic heterocycles. The third kappa shape index (κ3) is 4.07. The molecule has 2 atom stereocenters. The number of rotatable bonds is 5. The molecule has 0 radical (unpaired) electrons. The van der Waals surface area contributed by atoms with Gasteiger partial charge in [-0.1, -0.05) is 42.5 Å². The molecule has 3 aromatic carbocycles. The molecule has 0 unspecified atom stereocenters. The summed E-state index contributed by atoms with van der Waals surface area (Å²) in [7, 11) is -3.81. The van der Waals surface area contributed by atoms with Gasteiger partial charge in [0, 0.05) is 60.0 Å².